The number of aromatic nitrogens is 2. The molecule has 0 saturated heterocycles. The lowest BCUT2D eigenvalue weighted by molar-refractivity contribution is 0.261. The van der Waals surface area contributed by atoms with Crippen LogP contribution in [0.15, 0.2) is 42.5 Å². The molecule has 7 nitrogen and oxygen atoms in total. The lowest BCUT2D eigenvalue weighted by atomic mass is 10.1. The van der Waals surface area contributed by atoms with E-state index in [1.54, 1.807) is 18.2 Å². The van der Waals surface area contributed by atoms with Crippen molar-refractivity contribution >= 4 is 16.7 Å². The van der Waals surface area contributed by atoms with Crippen LogP contribution < -0.4 is 15.8 Å². The third kappa shape index (κ3) is 5.34. The minimum Gasteiger partial charge on any atom is -0.507 e. The molecule has 1 atom stereocenters. The van der Waals surface area contributed by atoms with Crippen molar-refractivity contribution < 1.29 is 9.84 Å². The fourth-order valence-electron chi connectivity index (χ4n) is 2.83. The first-order chi connectivity index (χ1) is 14.0. The highest BCUT2D eigenvalue weighted by atomic mass is 16.5. The number of para-hydroxylation sites is 1. The van der Waals surface area contributed by atoms with Crippen molar-refractivity contribution in [3.05, 3.63) is 42.5 Å². The van der Waals surface area contributed by atoms with Crippen molar-refractivity contribution in [1.29, 1.82) is 0 Å². The predicted octanol–water partition coefficient (Wildman–Crippen LogP) is 3.09. The topological polar surface area (TPSA) is 96.5 Å². The lowest BCUT2D eigenvalue weighted by Gasteiger charge is -2.15. The number of benzene rings is 2. The van der Waals surface area contributed by atoms with Gasteiger partial charge in [0.25, 0.3) is 0 Å². The van der Waals surface area contributed by atoms with Gasteiger partial charge in [0.1, 0.15) is 23.9 Å². The molecule has 0 spiro atoms. The molecule has 1 heterocycles. The Kier molecular flexibility index (Phi) is 6.85. The van der Waals surface area contributed by atoms with Crippen LogP contribution in [0.5, 0.6) is 11.5 Å². The number of aromatic hydroxyl groups is 1. The summed E-state index contributed by atoms with van der Waals surface area (Å²) in [5, 5.41) is 14.7. The van der Waals surface area contributed by atoms with Gasteiger partial charge in [-0.05, 0) is 50.8 Å². The van der Waals surface area contributed by atoms with Crippen molar-refractivity contribution in [2.45, 2.75) is 19.4 Å². The van der Waals surface area contributed by atoms with Crippen molar-refractivity contribution in [2.24, 2.45) is 5.73 Å². The molecule has 0 aliphatic heterocycles. The van der Waals surface area contributed by atoms with Gasteiger partial charge >= 0.3 is 0 Å². The average Bonchev–Trinajstić information content (AvgIpc) is 2.72. The van der Waals surface area contributed by atoms with Crippen molar-refractivity contribution in [3.8, 4) is 22.9 Å². The van der Waals surface area contributed by atoms with Crippen LogP contribution in [0.2, 0.25) is 0 Å². The maximum Gasteiger partial charge on any atom is 0.166 e. The summed E-state index contributed by atoms with van der Waals surface area (Å²) in [5.74, 6) is 1.91. The number of hydrogen-bond donors (Lipinski definition) is 3. The SMILES string of the molecule is CCC(N)CNc1nc(-c2cc(OCCN(C)C)ccc2O)nc2ccccc12. The summed E-state index contributed by atoms with van der Waals surface area (Å²) in [4.78, 5) is 11.4. The van der Waals surface area contributed by atoms with Crippen LogP contribution in [0.3, 0.4) is 0 Å². The molecule has 3 rings (SSSR count). The average molecular weight is 396 g/mol. The molecule has 29 heavy (non-hydrogen) atoms. The van der Waals surface area contributed by atoms with Gasteiger partial charge in [0.15, 0.2) is 5.82 Å². The number of anilines is 1. The maximum atomic E-state index is 10.4. The summed E-state index contributed by atoms with van der Waals surface area (Å²) in [6.07, 6.45) is 0.871. The molecule has 0 bridgehead atoms. The van der Waals surface area contributed by atoms with E-state index in [4.69, 9.17) is 10.5 Å². The first-order valence-electron chi connectivity index (χ1n) is 9.85. The zero-order chi connectivity index (χ0) is 20.8. The summed E-state index contributed by atoms with van der Waals surface area (Å²) >= 11 is 0. The fraction of sp³-hybridized carbons (Fsp3) is 0.364. The zero-order valence-electron chi connectivity index (χ0n) is 17.2. The number of phenolic OH excluding ortho intramolecular Hbond substituents is 1. The van der Waals surface area contributed by atoms with Crippen LogP contribution in [-0.4, -0.2) is 59.8 Å². The van der Waals surface area contributed by atoms with E-state index in [-0.39, 0.29) is 11.8 Å². The van der Waals surface area contributed by atoms with Gasteiger partial charge in [0.05, 0.1) is 11.1 Å². The largest absolute Gasteiger partial charge is 0.507 e. The summed E-state index contributed by atoms with van der Waals surface area (Å²) in [6.45, 7) is 4.01. The molecule has 4 N–H and O–H groups in total. The molecule has 154 valence electrons. The molecule has 0 aliphatic carbocycles. The minimum atomic E-state index is 0.0361. The predicted molar refractivity (Wildman–Crippen MR) is 117 cm³/mol. The van der Waals surface area contributed by atoms with Gasteiger partial charge in [-0.2, -0.15) is 0 Å². The van der Waals surface area contributed by atoms with Crippen molar-refractivity contribution in [2.75, 3.05) is 39.1 Å². The zero-order valence-corrected chi connectivity index (χ0v) is 17.2. The highest BCUT2D eigenvalue weighted by molar-refractivity contribution is 5.91. The van der Waals surface area contributed by atoms with E-state index in [1.165, 1.54) is 0 Å². The number of fused-ring (bicyclic) bond motifs is 1. The van der Waals surface area contributed by atoms with Crippen LogP contribution in [0.25, 0.3) is 22.3 Å². The summed E-state index contributed by atoms with van der Waals surface area (Å²) in [7, 11) is 3.99. The second kappa shape index (κ2) is 9.54. The Morgan fingerprint density at radius 1 is 1.17 bits per heavy atom. The van der Waals surface area contributed by atoms with Gasteiger partial charge in [0, 0.05) is 24.5 Å². The van der Waals surface area contributed by atoms with Crippen LogP contribution in [0, 0.1) is 0 Å². The molecule has 1 aromatic heterocycles. The fourth-order valence-corrected chi connectivity index (χ4v) is 2.83. The molecule has 0 fully saturated rings. The minimum absolute atomic E-state index is 0.0361. The van der Waals surface area contributed by atoms with Crippen LogP contribution in [0.4, 0.5) is 5.82 Å². The van der Waals surface area contributed by atoms with E-state index in [9.17, 15) is 5.11 Å². The highest BCUT2D eigenvalue weighted by Crippen LogP contribution is 2.33. The molecule has 3 aromatic rings. The summed E-state index contributed by atoms with van der Waals surface area (Å²) in [6, 6.07) is 13.0. The van der Waals surface area contributed by atoms with E-state index in [1.807, 2.05) is 43.3 Å². The quantitative estimate of drug-likeness (QED) is 0.512. The molecule has 0 radical (unpaired) electrons. The van der Waals surface area contributed by atoms with Crippen LogP contribution >= 0.6 is 0 Å². The van der Waals surface area contributed by atoms with Gasteiger partial charge in [-0.1, -0.05) is 19.1 Å². The Labute approximate surface area is 171 Å². The van der Waals surface area contributed by atoms with Gasteiger partial charge in [-0.25, -0.2) is 9.97 Å². The Balaban J connectivity index is 1.96. The number of ether oxygens (including phenoxy) is 1. The monoisotopic (exact) mass is 395 g/mol. The van der Waals surface area contributed by atoms with Crippen molar-refractivity contribution in [1.82, 2.24) is 14.9 Å². The highest BCUT2D eigenvalue weighted by Gasteiger charge is 2.14. The molecular weight excluding hydrogens is 366 g/mol. The number of rotatable bonds is 9. The second-order valence-electron chi connectivity index (χ2n) is 7.29. The second-order valence-corrected chi connectivity index (χ2v) is 7.29. The third-order valence-corrected chi connectivity index (χ3v) is 4.68. The third-order valence-electron chi connectivity index (χ3n) is 4.68. The van der Waals surface area contributed by atoms with Gasteiger partial charge in [0.2, 0.25) is 0 Å². The summed E-state index contributed by atoms with van der Waals surface area (Å²) < 4.78 is 5.80. The Hall–Kier alpha value is -2.90. The molecule has 0 amide bonds. The Morgan fingerprint density at radius 2 is 1.97 bits per heavy atom. The van der Waals surface area contributed by atoms with Crippen molar-refractivity contribution in [3.63, 3.8) is 0 Å². The maximum absolute atomic E-state index is 10.4. The Morgan fingerprint density at radius 3 is 2.72 bits per heavy atom. The first-order valence-corrected chi connectivity index (χ1v) is 9.85. The number of likely N-dealkylation sites (N-methyl/N-ethyl adjacent to an activating group) is 1. The molecule has 1 unspecified atom stereocenters. The summed E-state index contributed by atoms with van der Waals surface area (Å²) in [5.41, 5.74) is 7.38. The smallest absolute Gasteiger partial charge is 0.166 e. The standard InChI is InChI=1S/C22H29N5O2/c1-4-15(23)14-24-21-17-7-5-6-8-19(17)25-22(26-21)18-13-16(9-10-20(18)28)29-12-11-27(2)3/h5-10,13,15,28H,4,11-12,14,23H2,1-3H3,(H,24,25,26). The number of nitrogens with one attached hydrogen (secondary N) is 1. The molecule has 7 heteroatoms. The number of nitrogens with two attached hydrogens (primary N) is 1. The molecule has 2 aromatic carbocycles. The van der Waals surface area contributed by atoms with Crippen LogP contribution in [0.1, 0.15) is 13.3 Å². The van der Waals surface area contributed by atoms with Gasteiger partial charge in [-0.3, -0.25) is 0 Å². The Bertz CT molecular complexity index is 961. The lowest BCUT2D eigenvalue weighted by Crippen LogP contribution is -2.28. The normalized spacial score (nSPS) is 12.3. The van der Waals surface area contributed by atoms with E-state index in [0.717, 1.165) is 23.9 Å². The first kappa shape index (κ1) is 20.8. The van der Waals surface area contributed by atoms with Gasteiger partial charge in [-0.15, -0.1) is 0 Å². The molecule has 0 saturated carbocycles. The van der Waals surface area contributed by atoms with Crippen LogP contribution in [-0.2, 0) is 0 Å². The molecular formula is C22H29N5O2. The van der Waals surface area contributed by atoms with E-state index in [0.29, 0.717) is 36.1 Å². The van der Waals surface area contributed by atoms with E-state index in [2.05, 4.69) is 22.2 Å². The molecule has 0 aliphatic rings. The van der Waals surface area contributed by atoms with E-state index < -0.39 is 0 Å². The number of nitrogens with zero attached hydrogens (tertiary/aromatic N) is 3. The number of phenols is 1. The number of hydrogen-bond acceptors (Lipinski definition) is 7. The van der Waals surface area contributed by atoms with Gasteiger partial charge < -0.3 is 25.8 Å². The van der Waals surface area contributed by atoms with E-state index >= 15 is 0 Å².